The van der Waals surface area contributed by atoms with Gasteiger partial charge in [-0.05, 0) is 18.4 Å². The predicted molar refractivity (Wildman–Crippen MR) is 101 cm³/mol. The summed E-state index contributed by atoms with van der Waals surface area (Å²) >= 11 is 0. The van der Waals surface area contributed by atoms with Crippen molar-refractivity contribution in [3.05, 3.63) is 53.3 Å². The molecule has 1 aromatic heterocycles. The zero-order chi connectivity index (χ0) is 18.3. The fraction of sp³-hybridized carbons (Fsp3) is 0.450. The highest BCUT2D eigenvalue weighted by Crippen LogP contribution is 2.43. The molecule has 136 valence electrons. The quantitative estimate of drug-likeness (QED) is 0.915. The number of nitrogens with one attached hydrogen (secondary N) is 1. The fourth-order valence-electron chi connectivity index (χ4n) is 4.24. The molecule has 0 saturated carbocycles. The fourth-order valence-corrected chi connectivity index (χ4v) is 4.24. The summed E-state index contributed by atoms with van der Waals surface area (Å²) in [6.45, 7) is 4.61. The van der Waals surface area contributed by atoms with Crippen LogP contribution < -0.4 is 10.2 Å². The number of carbonyl (C=O) groups is 1. The zero-order valence-corrected chi connectivity index (χ0v) is 15.5. The number of fused-ring (bicyclic) bond motifs is 1. The van der Waals surface area contributed by atoms with E-state index in [0.29, 0.717) is 23.3 Å². The number of hydrogen-bond donors (Lipinski definition) is 1. The molecule has 1 amide bonds. The van der Waals surface area contributed by atoms with Crippen molar-refractivity contribution in [2.24, 2.45) is 11.8 Å². The average molecular weight is 351 g/mol. The van der Waals surface area contributed by atoms with Crippen molar-refractivity contribution in [2.45, 2.75) is 13.0 Å². The number of benzene rings is 1. The molecule has 26 heavy (non-hydrogen) atoms. The Morgan fingerprint density at radius 3 is 2.69 bits per heavy atom. The molecule has 6 heteroatoms. The van der Waals surface area contributed by atoms with Crippen molar-refractivity contribution in [1.29, 1.82) is 0 Å². The molecule has 0 radical (unpaired) electrons. The minimum absolute atomic E-state index is 0.0380. The van der Waals surface area contributed by atoms with Crippen LogP contribution in [0.3, 0.4) is 0 Å². The van der Waals surface area contributed by atoms with E-state index in [1.54, 1.807) is 6.20 Å². The molecule has 4 rings (SSSR count). The standard InChI is InChI=1S/C20H25N5O/c1-13-16(11-22-20(23-13)24(2)3)19(26)25-12-15-9-21-10-17(15)18(25)14-7-5-4-6-8-14/h4-8,11,15,17-18,21H,9-10,12H2,1-3H3/t15-,17-,18+/m0/s1. The van der Waals surface area contributed by atoms with Crippen molar-refractivity contribution in [1.82, 2.24) is 20.2 Å². The maximum absolute atomic E-state index is 13.4. The van der Waals surface area contributed by atoms with Gasteiger partial charge in [0.15, 0.2) is 0 Å². The Kier molecular flexibility index (Phi) is 4.36. The van der Waals surface area contributed by atoms with Crippen LogP contribution >= 0.6 is 0 Å². The van der Waals surface area contributed by atoms with Crippen LogP contribution in [-0.4, -0.2) is 54.5 Å². The van der Waals surface area contributed by atoms with E-state index in [1.165, 1.54) is 5.56 Å². The minimum Gasteiger partial charge on any atom is -0.347 e. The smallest absolute Gasteiger partial charge is 0.257 e. The van der Waals surface area contributed by atoms with Crippen molar-refractivity contribution in [2.75, 3.05) is 38.6 Å². The second-order valence-electron chi connectivity index (χ2n) is 7.46. The first-order valence-corrected chi connectivity index (χ1v) is 9.14. The van der Waals surface area contributed by atoms with Gasteiger partial charge in [0.1, 0.15) is 0 Å². The molecular weight excluding hydrogens is 326 g/mol. The number of rotatable bonds is 3. The minimum atomic E-state index is 0.0380. The molecule has 2 aromatic rings. The van der Waals surface area contributed by atoms with Crippen LogP contribution in [0.25, 0.3) is 0 Å². The Hall–Kier alpha value is -2.47. The van der Waals surface area contributed by atoms with Crippen LogP contribution in [0.5, 0.6) is 0 Å². The summed E-state index contributed by atoms with van der Waals surface area (Å²) in [6, 6.07) is 10.5. The van der Waals surface area contributed by atoms with Gasteiger partial charge in [-0.2, -0.15) is 0 Å². The second kappa shape index (κ2) is 6.68. The molecule has 2 aliphatic heterocycles. The van der Waals surface area contributed by atoms with Crippen LogP contribution in [0.4, 0.5) is 5.95 Å². The highest BCUT2D eigenvalue weighted by atomic mass is 16.2. The normalized spacial score (nSPS) is 24.6. The monoisotopic (exact) mass is 351 g/mol. The average Bonchev–Trinajstić information content (AvgIpc) is 3.22. The van der Waals surface area contributed by atoms with E-state index in [2.05, 4.69) is 27.4 Å². The van der Waals surface area contributed by atoms with Crippen LogP contribution in [0.2, 0.25) is 0 Å². The Morgan fingerprint density at radius 1 is 1.23 bits per heavy atom. The SMILES string of the molecule is Cc1nc(N(C)C)ncc1C(=O)N1C[C@@H]2CNC[C@@H]2[C@H]1c1ccccc1. The molecule has 2 saturated heterocycles. The summed E-state index contributed by atoms with van der Waals surface area (Å²) in [5, 5.41) is 3.49. The van der Waals surface area contributed by atoms with Gasteiger partial charge in [-0.1, -0.05) is 30.3 Å². The lowest BCUT2D eigenvalue weighted by Crippen LogP contribution is -2.35. The molecule has 0 bridgehead atoms. The maximum Gasteiger partial charge on any atom is 0.257 e. The van der Waals surface area contributed by atoms with E-state index in [-0.39, 0.29) is 11.9 Å². The first-order chi connectivity index (χ1) is 12.6. The van der Waals surface area contributed by atoms with Gasteiger partial charge in [-0.25, -0.2) is 9.97 Å². The number of amides is 1. The topological polar surface area (TPSA) is 61.4 Å². The number of likely N-dealkylation sites (tertiary alicyclic amines) is 1. The van der Waals surface area contributed by atoms with Gasteiger partial charge >= 0.3 is 0 Å². The Balaban J connectivity index is 1.68. The molecule has 1 aromatic carbocycles. The van der Waals surface area contributed by atoms with Crippen LogP contribution in [0.15, 0.2) is 36.5 Å². The Morgan fingerprint density at radius 2 is 2.00 bits per heavy atom. The third-order valence-corrected chi connectivity index (χ3v) is 5.56. The number of aromatic nitrogens is 2. The Bertz CT molecular complexity index is 807. The lowest BCUT2D eigenvalue weighted by Gasteiger charge is -2.29. The number of aryl methyl sites for hydroxylation is 1. The van der Waals surface area contributed by atoms with Crippen molar-refractivity contribution >= 4 is 11.9 Å². The number of hydrogen-bond acceptors (Lipinski definition) is 5. The van der Waals surface area contributed by atoms with E-state index >= 15 is 0 Å². The van der Waals surface area contributed by atoms with E-state index in [4.69, 9.17) is 0 Å². The largest absolute Gasteiger partial charge is 0.347 e. The van der Waals surface area contributed by atoms with Gasteiger partial charge in [-0.3, -0.25) is 4.79 Å². The summed E-state index contributed by atoms with van der Waals surface area (Å²) in [5.41, 5.74) is 2.54. The lowest BCUT2D eigenvalue weighted by molar-refractivity contribution is 0.0712. The summed E-state index contributed by atoms with van der Waals surface area (Å²) in [6.07, 6.45) is 1.68. The van der Waals surface area contributed by atoms with E-state index < -0.39 is 0 Å². The molecule has 0 aliphatic carbocycles. The molecule has 6 nitrogen and oxygen atoms in total. The predicted octanol–water partition coefficient (Wildman–Crippen LogP) is 1.88. The number of anilines is 1. The van der Waals surface area contributed by atoms with Gasteiger partial charge in [0.25, 0.3) is 5.91 Å². The second-order valence-corrected chi connectivity index (χ2v) is 7.46. The molecular formula is C20H25N5O. The summed E-state index contributed by atoms with van der Waals surface area (Å²) in [4.78, 5) is 26.1. The van der Waals surface area contributed by atoms with Crippen molar-refractivity contribution in [3.8, 4) is 0 Å². The van der Waals surface area contributed by atoms with Crippen molar-refractivity contribution in [3.63, 3.8) is 0 Å². The third-order valence-electron chi connectivity index (χ3n) is 5.56. The summed E-state index contributed by atoms with van der Waals surface area (Å²) in [7, 11) is 3.80. The first kappa shape index (κ1) is 17.0. The third kappa shape index (κ3) is 2.84. The van der Waals surface area contributed by atoms with E-state index in [1.807, 2.05) is 49.0 Å². The van der Waals surface area contributed by atoms with Crippen molar-refractivity contribution < 1.29 is 4.79 Å². The Labute approximate surface area is 154 Å². The van der Waals surface area contributed by atoms with Crippen LogP contribution in [-0.2, 0) is 0 Å². The highest BCUT2D eigenvalue weighted by Gasteiger charge is 2.47. The highest BCUT2D eigenvalue weighted by molar-refractivity contribution is 5.95. The molecule has 2 fully saturated rings. The van der Waals surface area contributed by atoms with E-state index in [0.717, 1.165) is 25.3 Å². The molecule has 3 heterocycles. The molecule has 2 aliphatic rings. The molecule has 0 unspecified atom stereocenters. The summed E-state index contributed by atoms with van der Waals surface area (Å²) < 4.78 is 0. The maximum atomic E-state index is 13.4. The van der Waals surface area contributed by atoms with Crippen LogP contribution in [0.1, 0.15) is 27.7 Å². The summed E-state index contributed by atoms with van der Waals surface area (Å²) in [5.74, 6) is 1.63. The van der Waals surface area contributed by atoms with Crippen LogP contribution in [0, 0.1) is 18.8 Å². The van der Waals surface area contributed by atoms with Gasteiger partial charge in [-0.15, -0.1) is 0 Å². The first-order valence-electron chi connectivity index (χ1n) is 9.14. The number of nitrogens with zero attached hydrogens (tertiary/aromatic N) is 4. The molecule has 3 atom stereocenters. The zero-order valence-electron chi connectivity index (χ0n) is 15.5. The van der Waals surface area contributed by atoms with Gasteiger partial charge in [0.2, 0.25) is 5.95 Å². The van der Waals surface area contributed by atoms with Gasteiger partial charge in [0, 0.05) is 45.8 Å². The molecule has 1 N–H and O–H groups in total. The molecule has 0 spiro atoms. The van der Waals surface area contributed by atoms with Gasteiger partial charge < -0.3 is 15.1 Å². The number of carbonyl (C=O) groups excluding carboxylic acids is 1. The van der Waals surface area contributed by atoms with E-state index in [9.17, 15) is 4.79 Å². The van der Waals surface area contributed by atoms with Gasteiger partial charge in [0.05, 0.1) is 17.3 Å². The lowest BCUT2D eigenvalue weighted by atomic mass is 9.89.